The maximum Gasteiger partial charge on any atom is 0.435 e. The van der Waals surface area contributed by atoms with Crippen molar-refractivity contribution in [1.82, 2.24) is 19.6 Å². The first-order valence-electron chi connectivity index (χ1n) is 9.02. The molecule has 0 aliphatic heterocycles. The van der Waals surface area contributed by atoms with E-state index in [0.717, 1.165) is 10.6 Å². The molecule has 4 aromatic rings. The fraction of sp³-hybridized carbons (Fsp3) is 0.150. The highest BCUT2D eigenvalue weighted by atomic mass is 35.5. The van der Waals surface area contributed by atoms with Gasteiger partial charge >= 0.3 is 6.18 Å². The molecule has 0 aliphatic rings. The minimum atomic E-state index is -4.63. The summed E-state index contributed by atoms with van der Waals surface area (Å²) in [5.74, 6) is -0.172. The Morgan fingerprint density at radius 2 is 1.71 bits per heavy atom. The third-order valence-electron chi connectivity index (χ3n) is 4.57. The summed E-state index contributed by atoms with van der Waals surface area (Å²) in [6.45, 7) is 1.50. The van der Waals surface area contributed by atoms with Crippen LogP contribution in [0.3, 0.4) is 0 Å². The van der Waals surface area contributed by atoms with Gasteiger partial charge in [0.1, 0.15) is 5.69 Å². The summed E-state index contributed by atoms with van der Waals surface area (Å²) in [6, 6.07) is 12.0. The van der Waals surface area contributed by atoms with Gasteiger partial charge in [-0.05, 0) is 30.3 Å². The van der Waals surface area contributed by atoms with Crippen LogP contribution < -0.4 is 0 Å². The van der Waals surface area contributed by atoms with E-state index in [9.17, 15) is 21.6 Å². The number of benzene rings is 1. The smallest absolute Gasteiger partial charge is 0.245 e. The summed E-state index contributed by atoms with van der Waals surface area (Å²) in [7, 11) is -3.68. The Hall–Kier alpha value is -2.98. The zero-order valence-electron chi connectivity index (χ0n) is 15.9. The Kier molecular flexibility index (Phi) is 5.22. The van der Waals surface area contributed by atoms with Crippen molar-refractivity contribution in [2.24, 2.45) is 0 Å². The van der Waals surface area contributed by atoms with Gasteiger partial charge in [-0.2, -0.15) is 18.3 Å². The van der Waals surface area contributed by atoms with Crippen LogP contribution in [0.5, 0.6) is 0 Å². The van der Waals surface area contributed by atoms with Gasteiger partial charge in [-0.15, -0.1) is 0 Å². The summed E-state index contributed by atoms with van der Waals surface area (Å²) in [6.07, 6.45) is -3.34. The highest BCUT2D eigenvalue weighted by Gasteiger charge is 2.34. The third kappa shape index (κ3) is 4.13. The lowest BCUT2D eigenvalue weighted by Gasteiger charge is -2.11. The van der Waals surface area contributed by atoms with Gasteiger partial charge in [-0.25, -0.2) is 22.9 Å². The SMILES string of the molecule is CCS(=O)(=O)c1ccc(-c2ccc(Cl)cc2)nc1-c1ccn2nc(C(F)(F)F)cc2n1. The molecule has 0 spiro atoms. The molecular weight excluding hydrogens is 453 g/mol. The van der Waals surface area contributed by atoms with Crippen LogP contribution in [0.25, 0.3) is 28.3 Å². The Morgan fingerprint density at radius 1 is 1.00 bits per heavy atom. The average molecular weight is 467 g/mol. The molecule has 6 nitrogen and oxygen atoms in total. The Bertz CT molecular complexity index is 1380. The number of nitrogens with zero attached hydrogens (tertiary/aromatic N) is 4. The predicted molar refractivity (Wildman–Crippen MR) is 109 cm³/mol. The van der Waals surface area contributed by atoms with Crippen molar-refractivity contribution in [2.45, 2.75) is 18.0 Å². The zero-order valence-corrected chi connectivity index (χ0v) is 17.5. The molecule has 0 radical (unpaired) electrons. The van der Waals surface area contributed by atoms with Gasteiger partial charge in [-0.1, -0.05) is 30.7 Å². The van der Waals surface area contributed by atoms with Gasteiger partial charge in [0, 0.05) is 22.8 Å². The van der Waals surface area contributed by atoms with Gasteiger partial charge in [0.05, 0.1) is 22.0 Å². The highest BCUT2D eigenvalue weighted by molar-refractivity contribution is 7.91. The zero-order chi connectivity index (χ0) is 22.4. The van der Waals surface area contributed by atoms with Crippen molar-refractivity contribution < 1.29 is 21.6 Å². The van der Waals surface area contributed by atoms with Crippen molar-refractivity contribution in [2.75, 3.05) is 5.75 Å². The van der Waals surface area contributed by atoms with E-state index in [4.69, 9.17) is 11.6 Å². The number of hydrogen-bond acceptors (Lipinski definition) is 5. The molecule has 0 atom stereocenters. The summed E-state index contributed by atoms with van der Waals surface area (Å²) in [5.41, 5.74) is 0.143. The van der Waals surface area contributed by atoms with Gasteiger partial charge < -0.3 is 0 Å². The maximum atomic E-state index is 13.0. The molecule has 160 valence electrons. The van der Waals surface area contributed by atoms with Crippen LogP contribution >= 0.6 is 11.6 Å². The first kappa shape index (κ1) is 21.3. The van der Waals surface area contributed by atoms with E-state index in [0.29, 0.717) is 16.3 Å². The summed E-state index contributed by atoms with van der Waals surface area (Å²) in [5, 5.41) is 3.99. The van der Waals surface area contributed by atoms with Crippen LogP contribution in [0.4, 0.5) is 13.2 Å². The predicted octanol–water partition coefficient (Wildman–Crippen LogP) is 4.92. The Labute approximate surface area is 180 Å². The summed E-state index contributed by atoms with van der Waals surface area (Å²) >= 11 is 5.92. The van der Waals surface area contributed by atoms with Gasteiger partial charge in [0.2, 0.25) is 0 Å². The van der Waals surface area contributed by atoms with Crippen molar-refractivity contribution in [3.63, 3.8) is 0 Å². The molecule has 0 saturated carbocycles. The fourth-order valence-electron chi connectivity index (χ4n) is 2.97. The Balaban J connectivity index is 1.92. The second kappa shape index (κ2) is 7.61. The molecule has 1 aromatic carbocycles. The first-order chi connectivity index (χ1) is 14.6. The summed E-state index contributed by atoms with van der Waals surface area (Å²) in [4.78, 5) is 8.62. The molecule has 0 amide bonds. The van der Waals surface area contributed by atoms with E-state index < -0.39 is 21.7 Å². The molecule has 3 aromatic heterocycles. The van der Waals surface area contributed by atoms with E-state index in [-0.39, 0.29) is 27.7 Å². The lowest BCUT2D eigenvalue weighted by molar-refractivity contribution is -0.141. The van der Waals surface area contributed by atoms with Gasteiger partial charge in [0.25, 0.3) is 0 Å². The normalized spacial score (nSPS) is 12.4. The molecule has 4 rings (SSSR count). The van der Waals surface area contributed by atoms with Gasteiger partial charge in [-0.3, -0.25) is 0 Å². The number of aromatic nitrogens is 4. The van der Waals surface area contributed by atoms with Crippen LogP contribution in [0.1, 0.15) is 12.6 Å². The molecule has 3 heterocycles. The minimum Gasteiger partial charge on any atom is -0.245 e. The van der Waals surface area contributed by atoms with Crippen molar-refractivity contribution in [3.8, 4) is 22.6 Å². The molecule has 0 fully saturated rings. The number of fused-ring (bicyclic) bond motifs is 1. The monoisotopic (exact) mass is 466 g/mol. The standard InChI is InChI=1S/C20H14ClF3N4O2S/c1-2-31(29,30)16-8-7-14(12-3-5-13(21)6-4-12)26-19(16)15-9-10-28-18(25-15)11-17(27-28)20(22,23)24/h3-11H,2H2,1H3. The summed E-state index contributed by atoms with van der Waals surface area (Å²) < 4.78 is 65.2. The number of alkyl halides is 3. The molecule has 0 saturated heterocycles. The van der Waals surface area contributed by atoms with Crippen molar-refractivity contribution >= 4 is 27.1 Å². The van der Waals surface area contributed by atoms with E-state index in [2.05, 4.69) is 15.1 Å². The molecular formula is C20H14ClF3N4O2S. The number of sulfone groups is 1. The minimum absolute atomic E-state index is 0.0477. The average Bonchev–Trinajstić information content (AvgIpc) is 3.18. The first-order valence-corrected chi connectivity index (χ1v) is 11.1. The number of rotatable bonds is 4. The Morgan fingerprint density at radius 3 is 2.35 bits per heavy atom. The van der Waals surface area contributed by atoms with E-state index in [1.807, 2.05) is 0 Å². The topological polar surface area (TPSA) is 77.2 Å². The highest BCUT2D eigenvalue weighted by Crippen LogP contribution is 2.31. The largest absolute Gasteiger partial charge is 0.435 e. The number of halogens is 4. The van der Waals surface area contributed by atoms with Crippen molar-refractivity contribution in [3.05, 3.63) is 65.4 Å². The molecule has 0 unspecified atom stereocenters. The lowest BCUT2D eigenvalue weighted by atomic mass is 10.1. The van der Waals surface area contributed by atoms with E-state index in [1.54, 1.807) is 30.3 Å². The van der Waals surface area contributed by atoms with Crippen LogP contribution in [0.15, 0.2) is 59.6 Å². The molecule has 0 N–H and O–H groups in total. The number of pyridine rings is 1. The lowest BCUT2D eigenvalue weighted by Crippen LogP contribution is -2.08. The quantitative estimate of drug-likeness (QED) is 0.426. The second-order valence-electron chi connectivity index (χ2n) is 6.60. The van der Waals surface area contributed by atoms with E-state index in [1.165, 1.54) is 25.3 Å². The van der Waals surface area contributed by atoms with Crippen LogP contribution in [-0.4, -0.2) is 33.8 Å². The third-order valence-corrected chi connectivity index (χ3v) is 6.58. The van der Waals surface area contributed by atoms with Crippen LogP contribution in [-0.2, 0) is 16.0 Å². The molecule has 0 bridgehead atoms. The molecule has 0 aliphatic carbocycles. The van der Waals surface area contributed by atoms with Crippen molar-refractivity contribution in [1.29, 1.82) is 0 Å². The fourth-order valence-corrected chi connectivity index (χ4v) is 4.13. The van der Waals surface area contributed by atoms with Gasteiger partial charge in [0.15, 0.2) is 21.2 Å². The molecule has 11 heteroatoms. The van der Waals surface area contributed by atoms with Crippen LogP contribution in [0, 0.1) is 0 Å². The molecule has 31 heavy (non-hydrogen) atoms. The van der Waals surface area contributed by atoms with E-state index >= 15 is 0 Å². The number of hydrogen-bond donors (Lipinski definition) is 0. The second-order valence-corrected chi connectivity index (χ2v) is 9.28. The maximum absolute atomic E-state index is 13.0. The van der Waals surface area contributed by atoms with Crippen LogP contribution in [0.2, 0.25) is 5.02 Å².